The summed E-state index contributed by atoms with van der Waals surface area (Å²) in [6, 6.07) is 3.72. The van der Waals surface area contributed by atoms with Crippen molar-refractivity contribution < 1.29 is 18.0 Å². The lowest BCUT2D eigenvalue weighted by Gasteiger charge is -2.32. The highest BCUT2D eigenvalue weighted by atomic mass is 79.9. The van der Waals surface area contributed by atoms with Crippen LogP contribution in [-0.4, -0.2) is 36.5 Å². The van der Waals surface area contributed by atoms with E-state index in [1.807, 2.05) is 6.92 Å². The zero-order valence-corrected chi connectivity index (χ0v) is 13.6. The molecule has 118 valence electrons. The Bertz CT molecular complexity index is 525. The minimum atomic E-state index is -4.48. The lowest BCUT2D eigenvalue weighted by atomic mass is 10.1. The smallest absolute Gasteiger partial charge is 0.336 e. The molecule has 1 aromatic carbocycles. The molecule has 1 atom stereocenters. The van der Waals surface area contributed by atoms with Crippen LogP contribution in [0.4, 0.5) is 13.2 Å². The van der Waals surface area contributed by atoms with E-state index in [-0.39, 0.29) is 34.4 Å². The molecule has 1 amide bonds. The van der Waals surface area contributed by atoms with E-state index in [1.54, 1.807) is 4.90 Å². The Hall–Kier alpha value is -0.790. The van der Waals surface area contributed by atoms with Gasteiger partial charge in [0, 0.05) is 35.7 Å². The number of alkyl halides is 3. The SMILES string of the molecule is C[C@@H]1CN(C(=O)c2ccc(Br)c(C(F)(F)F)c2)CCN1.Cl. The number of benzene rings is 1. The van der Waals surface area contributed by atoms with Gasteiger partial charge in [-0.3, -0.25) is 4.79 Å². The second kappa shape index (κ2) is 6.98. The van der Waals surface area contributed by atoms with Crippen LogP contribution < -0.4 is 5.32 Å². The first-order valence-corrected chi connectivity index (χ1v) is 6.97. The van der Waals surface area contributed by atoms with Crippen molar-refractivity contribution in [3.8, 4) is 0 Å². The summed E-state index contributed by atoms with van der Waals surface area (Å²) in [5.74, 6) is -0.364. The topological polar surface area (TPSA) is 32.3 Å². The van der Waals surface area contributed by atoms with Gasteiger partial charge in [-0.25, -0.2) is 0 Å². The van der Waals surface area contributed by atoms with Crippen molar-refractivity contribution in [3.63, 3.8) is 0 Å². The highest BCUT2D eigenvalue weighted by Crippen LogP contribution is 2.35. The lowest BCUT2D eigenvalue weighted by Crippen LogP contribution is -2.51. The molecular formula is C13H15BrClF3N2O. The summed E-state index contributed by atoms with van der Waals surface area (Å²) in [5.41, 5.74) is -0.763. The van der Waals surface area contributed by atoms with Gasteiger partial charge < -0.3 is 10.2 Å². The maximum Gasteiger partial charge on any atom is 0.417 e. The fourth-order valence-electron chi connectivity index (χ4n) is 2.17. The summed E-state index contributed by atoms with van der Waals surface area (Å²) in [6.07, 6.45) is -4.48. The summed E-state index contributed by atoms with van der Waals surface area (Å²) in [4.78, 5) is 13.8. The van der Waals surface area contributed by atoms with Crippen LogP contribution in [-0.2, 0) is 6.18 Å². The van der Waals surface area contributed by atoms with Crippen molar-refractivity contribution in [2.75, 3.05) is 19.6 Å². The van der Waals surface area contributed by atoms with E-state index in [1.165, 1.54) is 12.1 Å². The maximum absolute atomic E-state index is 12.8. The Morgan fingerprint density at radius 3 is 2.67 bits per heavy atom. The van der Waals surface area contributed by atoms with Crippen molar-refractivity contribution in [1.82, 2.24) is 10.2 Å². The van der Waals surface area contributed by atoms with Crippen LogP contribution in [0.3, 0.4) is 0 Å². The van der Waals surface area contributed by atoms with Gasteiger partial charge in [0.15, 0.2) is 0 Å². The molecule has 8 heteroatoms. The van der Waals surface area contributed by atoms with Crippen molar-refractivity contribution in [1.29, 1.82) is 0 Å². The molecule has 0 unspecified atom stereocenters. The molecule has 0 aliphatic carbocycles. The molecule has 0 spiro atoms. The van der Waals surface area contributed by atoms with Gasteiger partial charge in [-0.15, -0.1) is 12.4 Å². The zero-order chi connectivity index (χ0) is 14.9. The van der Waals surface area contributed by atoms with Crippen LogP contribution >= 0.6 is 28.3 Å². The molecule has 2 rings (SSSR count). The maximum atomic E-state index is 12.8. The number of rotatable bonds is 1. The van der Waals surface area contributed by atoms with E-state index in [2.05, 4.69) is 21.2 Å². The van der Waals surface area contributed by atoms with Gasteiger partial charge in [0.25, 0.3) is 5.91 Å². The van der Waals surface area contributed by atoms with Gasteiger partial charge >= 0.3 is 6.18 Å². The number of carbonyl (C=O) groups excluding carboxylic acids is 1. The molecule has 0 radical (unpaired) electrons. The molecule has 1 heterocycles. The standard InChI is InChI=1S/C13H14BrF3N2O.ClH/c1-8-7-19(5-4-18-8)12(20)9-2-3-11(14)10(6-9)13(15,16)17;/h2-3,6,8,18H,4-5,7H2,1H3;1H/t8-;/m1./s1. The fourth-order valence-corrected chi connectivity index (χ4v) is 2.65. The number of hydrogen-bond donors (Lipinski definition) is 1. The van der Waals surface area contributed by atoms with E-state index in [4.69, 9.17) is 0 Å². The van der Waals surface area contributed by atoms with E-state index < -0.39 is 11.7 Å². The minimum absolute atomic E-state index is 0. The first-order valence-electron chi connectivity index (χ1n) is 6.18. The fraction of sp³-hybridized carbons (Fsp3) is 0.462. The van der Waals surface area contributed by atoms with Crippen molar-refractivity contribution in [2.24, 2.45) is 0 Å². The summed E-state index contributed by atoms with van der Waals surface area (Å²) in [6.45, 7) is 3.58. The Morgan fingerprint density at radius 1 is 1.43 bits per heavy atom. The highest BCUT2D eigenvalue weighted by molar-refractivity contribution is 9.10. The third-order valence-corrected chi connectivity index (χ3v) is 3.87. The molecule has 1 aromatic rings. The average molecular weight is 388 g/mol. The van der Waals surface area contributed by atoms with E-state index in [0.717, 1.165) is 6.07 Å². The zero-order valence-electron chi connectivity index (χ0n) is 11.2. The third-order valence-electron chi connectivity index (χ3n) is 3.17. The summed E-state index contributed by atoms with van der Waals surface area (Å²) in [7, 11) is 0. The Labute approximate surface area is 135 Å². The van der Waals surface area contributed by atoms with Crippen LogP contribution in [0.5, 0.6) is 0 Å². The van der Waals surface area contributed by atoms with Crippen molar-refractivity contribution in [2.45, 2.75) is 19.1 Å². The van der Waals surface area contributed by atoms with Crippen LogP contribution in [0.1, 0.15) is 22.8 Å². The molecule has 3 nitrogen and oxygen atoms in total. The number of nitrogens with one attached hydrogen (secondary N) is 1. The van der Waals surface area contributed by atoms with Gasteiger partial charge in [0.05, 0.1) is 5.56 Å². The molecule has 0 aromatic heterocycles. The van der Waals surface area contributed by atoms with Crippen LogP contribution in [0.25, 0.3) is 0 Å². The predicted molar refractivity (Wildman–Crippen MR) is 79.8 cm³/mol. The minimum Gasteiger partial charge on any atom is -0.336 e. The molecule has 0 bridgehead atoms. The largest absolute Gasteiger partial charge is 0.417 e. The number of carbonyl (C=O) groups is 1. The van der Waals surface area contributed by atoms with Crippen molar-refractivity contribution in [3.05, 3.63) is 33.8 Å². The van der Waals surface area contributed by atoms with Gasteiger partial charge in [0.1, 0.15) is 0 Å². The number of halogens is 5. The number of amides is 1. The monoisotopic (exact) mass is 386 g/mol. The second-order valence-corrected chi connectivity index (χ2v) is 5.65. The Balaban J connectivity index is 0.00000220. The van der Waals surface area contributed by atoms with E-state index in [9.17, 15) is 18.0 Å². The molecule has 1 N–H and O–H groups in total. The molecular weight excluding hydrogens is 373 g/mol. The van der Waals surface area contributed by atoms with Crippen LogP contribution in [0.2, 0.25) is 0 Å². The van der Waals surface area contributed by atoms with Gasteiger partial charge in [-0.1, -0.05) is 15.9 Å². The highest BCUT2D eigenvalue weighted by Gasteiger charge is 2.34. The first-order chi connectivity index (χ1) is 9.29. The van der Waals surface area contributed by atoms with Gasteiger partial charge in [0.2, 0.25) is 0 Å². The summed E-state index contributed by atoms with van der Waals surface area (Å²) >= 11 is 2.87. The summed E-state index contributed by atoms with van der Waals surface area (Å²) in [5, 5.41) is 3.18. The molecule has 1 aliphatic rings. The molecule has 21 heavy (non-hydrogen) atoms. The summed E-state index contributed by atoms with van der Waals surface area (Å²) < 4.78 is 38.4. The Morgan fingerprint density at radius 2 is 2.10 bits per heavy atom. The Kier molecular flexibility index (Phi) is 6.07. The molecule has 1 saturated heterocycles. The number of piperazine rings is 1. The van der Waals surface area contributed by atoms with Crippen LogP contribution in [0.15, 0.2) is 22.7 Å². The van der Waals surface area contributed by atoms with Gasteiger partial charge in [-0.05, 0) is 25.1 Å². The predicted octanol–water partition coefficient (Wildman–Crippen LogP) is 3.32. The first kappa shape index (κ1) is 18.3. The van der Waals surface area contributed by atoms with Gasteiger partial charge in [-0.2, -0.15) is 13.2 Å². The average Bonchev–Trinajstić information content (AvgIpc) is 2.37. The number of nitrogens with zero attached hydrogens (tertiary/aromatic N) is 1. The quantitative estimate of drug-likeness (QED) is 0.802. The lowest BCUT2D eigenvalue weighted by molar-refractivity contribution is -0.138. The third kappa shape index (κ3) is 4.34. The molecule has 0 saturated carbocycles. The molecule has 1 aliphatic heterocycles. The van der Waals surface area contributed by atoms with E-state index in [0.29, 0.717) is 19.6 Å². The van der Waals surface area contributed by atoms with Crippen molar-refractivity contribution >= 4 is 34.2 Å². The number of hydrogen-bond acceptors (Lipinski definition) is 2. The second-order valence-electron chi connectivity index (χ2n) is 4.80. The normalized spacial score (nSPS) is 19.1. The molecule has 1 fully saturated rings. The van der Waals surface area contributed by atoms with Crippen LogP contribution in [0, 0.1) is 0 Å². The van der Waals surface area contributed by atoms with E-state index >= 15 is 0 Å².